The van der Waals surface area contributed by atoms with Crippen LogP contribution in [0.1, 0.15) is 40.7 Å². The number of carboxylic acid groups (broad SMARTS) is 1. The van der Waals surface area contributed by atoms with E-state index in [9.17, 15) is 19.5 Å². The van der Waals surface area contributed by atoms with Crippen LogP contribution in [0.3, 0.4) is 0 Å². The fourth-order valence-corrected chi connectivity index (χ4v) is 4.98. The third-order valence-electron chi connectivity index (χ3n) is 6.11. The molecule has 2 amide bonds. The number of hydrogen-bond acceptors (Lipinski definition) is 4. The molecular weight excluding hydrogens is 559 g/mol. The number of aromatic carboxylic acids is 1. The van der Waals surface area contributed by atoms with Crippen LogP contribution < -0.4 is 10.6 Å². The molecule has 1 aliphatic rings. The van der Waals surface area contributed by atoms with Gasteiger partial charge in [-0.15, -0.1) is 0 Å². The molecular formula is C27H25IN2O5. The Balaban J connectivity index is 1.33. The number of carbonyl (C=O) groups is 3. The first-order chi connectivity index (χ1) is 16.9. The van der Waals surface area contributed by atoms with Gasteiger partial charge in [-0.1, -0.05) is 55.5 Å². The predicted octanol–water partition coefficient (Wildman–Crippen LogP) is 5.49. The Kier molecular flexibility index (Phi) is 7.70. The number of hydrogen-bond donors (Lipinski definition) is 3. The molecule has 0 spiro atoms. The zero-order chi connectivity index (χ0) is 24.9. The lowest BCUT2D eigenvalue weighted by Gasteiger charge is -2.18. The summed E-state index contributed by atoms with van der Waals surface area (Å²) in [5.41, 5.74) is 5.06. The molecule has 8 heteroatoms. The van der Waals surface area contributed by atoms with Crippen molar-refractivity contribution in [2.45, 2.75) is 19.3 Å². The van der Waals surface area contributed by atoms with Gasteiger partial charge in [-0.05, 0) is 69.5 Å². The molecule has 0 fully saturated rings. The largest absolute Gasteiger partial charge is 0.478 e. The van der Waals surface area contributed by atoms with Crippen LogP contribution in [-0.4, -0.2) is 36.2 Å². The highest BCUT2D eigenvalue weighted by Gasteiger charge is 2.29. The summed E-state index contributed by atoms with van der Waals surface area (Å²) < 4.78 is 6.24. The van der Waals surface area contributed by atoms with Gasteiger partial charge in [0.2, 0.25) is 5.91 Å². The number of rotatable bonds is 8. The Morgan fingerprint density at radius 2 is 1.63 bits per heavy atom. The maximum absolute atomic E-state index is 12.7. The van der Waals surface area contributed by atoms with E-state index in [1.54, 1.807) is 6.07 Å². The first-order valence-corrected chi connectivity index (χ1v) is 12.4. The second kappa shape index (κ2) is 10.9. The van der Waals surface area contributed by atoms with Gasteiger partial charge in [0.05, 0.1) is 11.5 Å². The molecule has 4 rings (SSSR count). The molecule has 1 unspecified atom stereocenters. The number of anilines is 1. The fraction of sp³-hybridized carbons (Fsp3) is 0.222. The zero-order valence-electron chi connectivity index (χ0n) is 19.1. The number of carboxylic acids is 1. The first-order valence-electron chi connectivity index (χ1n) is 11.3. The summed E-state index contributed by atoms with van der Waals surface area (Å²) in [6.45, 7) is 2.15. The number of nitrogens with one attached hydrogen (secondary N) is 2. The number of benzene rings is 3. The Bertz CT molecular complexity index is 1230. The van der Waals surface area contributed by atoms with E-state index in [0.29, 0.717) is 15.7 Å². The first kappa shape index (κ1) is 24.7. The van der Waals surface area contributed by atoms with Crippen molar-refractivity contribution in [1.82, 2.24) is 5.32 Å². The lowest BCUT2D eigenvalue weighted by Crippen LogP contribution is -2.36. The van der Waals surface area contributed by atoms with Gasteiger partial charge in [-0.25, -0.2) is 9.59 Å². The molecule has 0 aliphatic heterocycles. The monoisotopic (exact) mass is 584 g/mol. The van der Waals surface area contributed by atoms with Crippen molar-refractivity contribution in [3.8, 4) is 11.1 Å². The Hall–Kier alpha value is -3.40. The highest BCUT2D eigenvalue weighted by molar-refractivity contribution is 14.1. The van der Waals surface area contributed by atoms with Crippen molar-refractivity contribution in [3.63, 3.8) is 0 Å². The van der Waals surface area contributed by atoms with Crippen LogP contribution in [0.15, 0.2) is 66.7 Å². The van der Waals surface area contributed by atoms with Crippen molar-refractivity contribution >= 4 is 46.2 Å². The van der Waals surface area contributed by atoms with Crippen molar-refractivity contribution in [1.29, 1.82) is 0 Å². The minimum absolute atomic E-state index is 0.0394. The van der Waals surface area contributed by atoms with Gasteiger partial charge in [0.25, 0.3) is 0 Å². The predicted molar refractivity (Wildman–Crippen MR) is 142 cm³/mol. The van der Waals surface area contributed by atoms with E-state index in [1.165, 1.54) is 12.1 Å². The van der Waals surface area contributed by atoms with Crippen molar-refractivity contribution in [2.75, 3.05) is 18.5 Å². The third-order valence-corrected chi connectivity index (χ3v) is 6.74. The van der Waals surface area contributed by atoms with Gasteiger partial charge in [0.15, 0.2) is 0 Å². The van der Waals surface area contributed by atoms with Crippen LogP contribution in [0.4, 0.5) is 10.5 Å². The summed E-state index contributed by atoms with van der Waals surface area (Å²) in [6.07, 6.45) is -0.0916. The minimum Gasteiger partial charge on any atom is -0.478 e. The number of ether oxygens (including phenoxy) is 1. The molecule has 0 heterocycles. The van der Waals surface area contributed by atoms with E-state index in [0.717, 1.165) is 22.3 Å². The molecule has 0 radical (unpaired) electrons. The lowest BCUT2D eigenvalue weighted by molar-refractivity contribution is -0.119. The fourth-order valence-electron chi connectivity index (χ4n) is 4.31. The normalized spacial score (nSPS) is 12.9. The number of alkyl carbamates (subject to hydrolysis) is 1. The Morgan fingerprint density at radius 1 is 1.00 bits per heavy atom. The zero-order valence-corrected chi connectivity index (χ0v) is 21.2. The van der Waals surface area contributed by atoms with Gasteiger partial charge in [0.1, 0.15) is 6.61 Å². The summed E-state index contributed by atoms with van der Waals surface area (Å²) in [7, 11) is 0. The molecule has 7 nitrogen and oxygen atoms in total. The maximum atomic E-state index is 12.7. The van der Waals surface area contributed by atoms with Crippen LogP contribution >= 0.6 is 22.6 Å². The molecule has 3 aromatic carbocycles. The summed E-state index contributed by atoms with van der Waals surface area (Å²) in [4.78, 5) is 36.5. The number of carbonyl (C=O) groups excluding carboxylic acids is 2. The Labute approximate surface area is 217 Å². The highest BCUT2D eigenvalue weighted by Crippen LogP contribution is 2.44. The number of amides is 2. The molecule has 3 aromatic rings. The molecule has 0 aromatic heterocycles. The molecule has 0 saturated carbocycles. The van der Waals surface area contributed by atoms with Gasteiger partial charge in [0, 0.05) is 21.7 Å². The van der Waals surface area contributed by atoms with Crippen molar-refractivity contribution < 1.29 is 24.2 Å². The van der Waals surface area contributed by atoms with Gasteiger partial charge >= 0.3 is 12.1 Å². The number of halogens is 1. The van der Waals surface area contributed by atoms with Gasteiger partial charge in [-0.2, -0.15) is 0 Å². The third kappa shape index (κ3) is 5.64. The molecule has 3 N–H and O–H groups in total. The summed E-state index contributed by atoms with van der Waals surface area (Å²) >= 11 is 2.00. The highest BCUT2D eigenvalue weighted by atomic mass is 127. The van der Waals surface area contributed by atoms with E-state index in [1.807, 2.05) is 53.8 Å². The second-order valence-electron chi connectivity index (χ2n) is 8.33. The average molecular weight is 584 g/mol. The Morgan fingerprint density at radius 3 is 2.23 bits per heavy atom. The topological polar surface area (TPSA) is 105 Å². The molecule has 180 valence electrons. The molecule has 35 heavy (non-hydrogen) atoms. The summed E-state index contributed by atoms with van der Waals surface area (Å²) in [5, 5.41) is 14.7. The average Bonchev–Trinajstić information content (AvgIpc) is 3.16. The number of fused-ring (bicyclic) bond motifs is 3. The summed E-state index contributed by atoms with van der Waals surface area (Å²) in [5.74, 6) is -1.91. The summed E-state index contributed by atoms with van der Waals surface area (Å²) in [6, 6.07) is 20.8. The second-order valence-corrected chi connectivity index (χ2v) is 9.58. The van der Waals surface area contributed by atoms with Crippen LogP contribution in [0.5, 0.6) is 0 Å². The maximum Gasteiger partial charge on any atom is 0.407 e. The van der Waals surface area contributed by atoms with Gasteiger partial charge in [-0.3, -0.25) is 4.79 Å². The molecule has 0 bridgehead atoms. The lowest BCUT2D eigenvalue weighted by atomic mass is 9.98. The minimum atomic E-state index is -1.07. The van der Waals surface area contributed by atoms with Crippen molar-refractivity contribution in [2.24, 2.45) is 5.92 Å². The van der Waals surface area contributed by atoms with Crippen molar-refractivity contribution in [3.05, 3.63) is 87.0 Å². The molecule has 0 saturated heterocycles. The van der Waals surface area contributed by atoms with E-state index in [4.69, 9.17) is 4.74 Å². The van der Waals surface area contributed by atoms with E-state index >= 15 is 0 Å². The smallest absolute Gasteiger partial charge is 0.407 e. The quantitative estimate of drug-likeness (QED) is 0.304. The van der Waals surface area contributed by atoms with E-state index in [-0.39, 0.29) is 30.5 Å². The van der Waals surface area contributed by atoms with Gasteiger partial charge < -0.3 is 20.5 Å². The van der Waals surface area contributed by atoms with Crippen LogP contribution in [0.2, 0.25) is 0 Å². The van der Waals surface area contributed by atoms with E-state index < -0.39 is 18.0 Å². The standard InChI is InChI=1S/C27H25IN2O5/c1-2-16(25(31)30-19-12-17(26(32)33)11-18(28)13-19)14-29-27(34)35-15-24-22-9-5-3-7-20(22)21-8-4-6-10-23(21)24/h3-13,16,24H,2,14-15H2,1H3,(H,29,34)(H,30,31)(H,32,33). The molecule has 1 aliphatic carbocycles. The molecule has 1 atom stereocenters. The van der Waals surface area contributed by atoms with Crippen LogP contribution in [0, 0.1) is 9.49 Å². The van der Waals surface area contributed by atoms with Crippen LogP contribution in [-0.2, 0) is 9.53 Å². The SMILES string of the molecule is CCC(CNC(=O)OCC1c2ccccc2-c2ccccc21)C(=O)Nc1cc(I)cc(C(=O)O)c1. The van der Waals surface area contributed by atoms with Crippen LogP contribution in [0.25, 0.3) is 11.1 Å². The van der Waals surface area contributed by atoms with E-state index in [2.05, 4.69) is 34.9 Å².